The van der Waals surface area contributed by atoms with Crippen LogP contribution in [0.5, 0.6) is 5.88 Å². The van der Waals surface area contributed by atoms with E-state index in [1.165, 1.54) is 18.9 Å². The van der Waals surface area contributed by atoms with E-state index in [1.807, 2.05) is 30.3 Å². The molecule has 10 heteroatoms. The molecule has 210 valence electrons. The highest BCUT2D eigenvalue weighted by Crippen LogP contribution is 2.31. The molecule has 1 aliphatic rings. The first-order chi connectivity index (χ1) is 19.6. The minimum absolute atomic E-state index is 0.00567. The minimum Gasteiger partial charge on any atom is -0.480 e. The van der Waals surface area contributed by atoms with Gasteiger partial charge < -0.3 is 19.5 Å². The number of oxazole rings is 1. The topological polar surface area (TPSA) is 126 Å². The SMILES string of the molecule is COc1nc2ccccc2cc1-c1cnc([C@H](CCCCCC(=O)c2ncco2)NC(=O)CN2CCCCC2)[nH]1. The van der Waals surface area contributed by atoms with Gasteiger partial charge in [-0.1, -0.05) is 37.5 Å². The number of fused-ring (bicyclic) bond motifs is 1. The highest BCUT2D eigenvalue weighted by molar-refractivity contribution is 5.91. The molecule has 0 saturated carbocycles. The third-order valence-corrected chi connectivity index (χ3v) is 7.32. The van der Waals surface area contributed by atoms with Gasteiger partial charge in [-0.25, -0.2) is 15.0 Å². The zero-order valence-corrected chi connectivity index (χ0v) is 22.9. The first-order valence-corrected chi connectivity index (χ1v) is 14.0. The van der Waals surface area contributed by atoms with Crippen LogP contribution in [0.15, 0.2) is 53.4 Å². The number of para-hydroxylation sites is 1. The number of H-pyrrole nitrogens is 1. The smallest absolute Gasteiger partial charge is 0.263 e. The number of carbonyl (C=O) groups is 2. The quantitative estimate of drug-likeness (QED) is 0.176. The maximum atomic E-state index is 13.0. The number of likely N-dealkylation sites (tertiary alicyclic amines) is 1. The Labute approximate surface area is 233 Å². The summed E-state index contributed by atoms with van der Waals surface area (Å²) in [5.74, 6) is 1.26. The van der Waals surface area contributed by atoms with Crippen molar-refractivity contribution in [1.82, 2.24) is 30.2 Å². The average molecular weight is 545 g/mol. The van der Waals surface area contributed by atoms with E-state index in [0.717, 1.165) is 67.4 Å². The number of nitrogens with one attached hydrogen (secondary N) is 2. The van der Waals surface area contributed by atoms with Crippen molar-refractivity contribution < 1.29 is 18.7 Å². The number of benzene rings is 1. The Bertz CT molecular complexity index is 1410. The van der Waals surface area contributed by atoms with Crippen molar-refractivity contribution in [3.8, 4) is 17.1 Å². The van der Waals surface area contributed by atoms with Gasteiger partial charge in [0.2, 0.25) is 17.6 Å². The van der Waals surface area contributed by atoms with Crippen molar-refractivity contribution in [3.63, 3.8) is 0 Å². The van der Waals surface area contributed by atoms with Crippen LogP contribution in [0.2, 0.25) is 0 Å². The summed E-state index contributed by atoms with van der Waals surface area (Å²) in [5.41, 5.74) is 2.44. The second-order valence-electron chi connectivity index (χ2n) is 10.2. The van der Waals surface area contributed by atoms with Crippen LogP contribution in [-0.4, -0.2) is 63.3 Å². The molecule has 4 aromatic rings. The first-order valence-electron chi connectivity index (χ1n) is 14.0. The fourth-order valence-corrected chi connectivity index (χ4v) is 5.21. The van der Waals surface area contributed by atoms with Crippen molar-refractivity contribution >= 4 is 22.6 Å². The number of carbonyl (C=O) groups excluding carboxylic acids is 2. The number of hydrogen-bond acceptors (Lipinski definition) is 8. The van der Waals surface area contributed by atoms with Crippen LogP contribution in [0.3, 0.4) is 0 Å². The van der Waals surface area contributed by atoms with Gasteiger partial charge in [0.05, 0.1) is 48.9 Å². The van der Waals surface area contributed by atoms with Crippen molar-refractivity contribution in [1.29, 1.82) is 0 Å². The summed E-state index contributed by atoms with van der Waals surface area (Å²) < 4.78 is 10.7. The molecule has 0 unspecified atom stereocenters. The lowest BCUT2D eigenvalue weighted by atomic mass is 10.0. The highest BCUT2D eigenvalue weighted by Gasteiger charge is 2.22. The number of rotatable bonds is 13. The molecule has 10 nitrogen and oxygen atoms in total. The second-order valence-corrected chi connectivity index (χ2v) is 10.2. The molecule has 1 aromatic carbocycles. The zero-order valence-electron chi connectivity index (χ0n) is 22.9. The summed E-state index contributed by atoms with van der Waals surface area (Å²) in [6.07, 6.45) is 11.6. The van der Waals surface area contributed by atoms with Crippen molar-refractivity contribution in [2.45, 2.75) is 57.4 Å². The van der Waals surface area contributed by atoms with Crippen molar-refractivity contribution in [2.75, 3.05) is 26.7 Å². The van der Waals surface area contributed by atoms with Crippen molar-refractivity contribution in [3.05, 3.63) is 60.7 Å². The van der Waals surface area contributed by atoms with E-state index in [2.05, 4.69) is 30.2 Å². The molecule has 40 heavy (non-hydrogen) atoms. The number of hydrogen-bond donors (Lipinski definition) is 2. The number of pyridine rings is 1. The number of aromatic amines is 1. The van der Waals surface area contributed by atoms with E-state index in [1.54, 1.807) is 13.3 Å². The van der Waals surface area contributed by atoms with Gasteiger partial charge in [0.15, 0.2) is 0 Å². The molecule has 0 spiro atoms. The lowest BCUT2D eigenvalue weighted by molar-refractivity contribution is -0.123. The Morgan fingerprint density at radius 3 is 2.77 bits per heavy atom. The lowest BCUT2D eigenvalue weighted by Crippen LogP contribution is -2.41. The summed E-state index contributed by atoms with van der Waals surface area (Å²) in [7, 11) is 1.61. The number of aromatic nitrogens is 4. The van der Waals surface area contributed by atoms with E-state index in [9.17, 15) is 9.59 Å². The van der Waals surface area contributed by atoms with Gasteiger partial charge in [0, 0.05) is 11.8 Å². The molecular weight excluding hydrogens is 508 g/mol. The molecule has 0 bridgehead atoms. The van der Waals surface area contributed by atoms with Gasteiger partial charge in [-0.3, -0.25) is 14.5 Å². The molecule has 0 aliphatic carbocycles. The molecule has 1 fully saturated rings. The van der Waals surface area contributed by atoms with E-state index in [4.69, 9.17) is 9.15 Å². The molecule has 1 amide bonds. The minimum atomic E-state index is -0.284. The molecule has 3 aromatic heterocycles. The normalized spacial score (nSPS) is 14.7. The third-order valence-electron chi connectivity index (χ3n) is 7.32. The largest absolute Gasteiger partial charge is 0.480 e. The van der Waals surface area contributed by atoms with Crippen LogP contribution in [0.25, 0.3) is 22.2 Å². The number of amides is 1. The molecule has 1 aliphatic heterocycles. The van der Waals surface area contributed by atoms with Crippen LogP contribution in [0, 0.1) is 0 Å². The van der Waals surface area contributed by atoms with Crippen molar-refractivity contribution in [2.24, 2.45) is 0 Å². The van der Waals surface area contributed by atoms with Gasteiger partial charge in [-0.15, -0.1) is 0 Å². The number of piperidine rings is 1. The Morgan fingerprint density at radius 1 is 1.12 bits per heavy atom. The first kappa shape index (κ1) is 27.5. The van der Waals surface area contributed by atoms with Crippen LogP contribution in [0.1, 0.15) is 73.9 Å². The molecule has 1 saturated heterocycles. The van der Waals surface area contributed by atoms with Gasteiger partial charge in [-0.2, -0.15) is 0 Å². The van der Waals surface area contributed by atoms with Gasteiger partial charge >= 0.3 is 0 Å². The number of methoxy groups -OCH3 is 1. The summed E-state index contributed by atoms with van der Waals surface area (Å²) in [6, 6.07) is 9.64. The molecule has 4 heterocycles. The number of ether oxygens (including phenoxy) is 1. The second kappa shape index (κ2) is 13.3. The van der Waals surface area contributed by atoms with Crippen LogP contribution in [0.4, 0.5) is 0 Å². The fourth-order valence-electron chi connectivity index (χ4n) is 5.21. The predicted octanol–water partition coefficient (Wildman–Crippen LogP) is 5.10. The van der Waals surface area contributed by atoms with E-state index < -0.39 is 0 Å². The summed E-state index contributed by atoms with van der Waals surface area (Å²) >= 11 is 0. The predicted molar refractivity (Wildman–Crippen MR) is 151 cm³/mol. The number of imidazole rings is 1. The molecule has 5 rings (SSSR count). The fraction of sp³-hybridized carbons (Fsp3) is 0.433. The van der Waals surface area contributed by atoms with E-state index in [0.29, 0.717) is 31.1 Å². The maximum Gasteiger partial charge on any atom is 0.263 e. The Hall–Kier alpha value is -4.05. The molecular formula is C30H36N6O4. The molecule has 2 N–H and O–H groups in total. The Kier molecular flexibility index (Phi) is 9.18. The average Bonchev–Trinajstić information content (AvgIpc) is 3.69. The lowest BCUT2D eigenvalue weighted by Gasteiger charge is -2.26. The number of nitrogens with zero attached hydrogens (tertiary/aromatic N) is 4. The summed E-state index contributed by atoms with van der Waals surface area (Å²) in [5, 5.41) is 4.21. The maximum absolute atomic E-state index is 13.0. The standard InChI is InChI=1S/C30H36N6O4/c1-39-29-22(18-21-10-6-7-11-23(21)35-29)25-19-32-28(34-25)24(33-27(38)20-36-15-8-3-9-16-36)12-4-2-5-13-26(37)30-31-14-17-40-30/h6-7,10-11,14,17-19,24H,2-5,8-9,12-13,15-16,20H2,1H3,(H,32,34)(H,33,38)/t24-/m0/s1. The van der Waals surface area contributed by atoms with Gasteiger partial charge in [0.25, 0.3) is 5.89 Å². The number of ketones is 1. The van der Waals surface area contributed by atoms with Crippen LogP contribution >= 0.6 is 0 Å². The van der Waals surface area contributed by atoms with Crippen LogP contribution < -0.4 is 10.1 Å². The summed E-state index contributed by atoms with van der Waals surface area (Å²) in [6.45, 7) is 2.30. The molecule has 0 radical (unpaired) electrons. The number of unbranched alkanes of at least 4 members (excludes halogenated alkanes) is 2. The Balaban J connectivity index is 1.27. The zero-order chi connectivity index (χ0) is 27.7. The monoisotopic (exact) mass is 544 g/mol. The number of Topliss-reactive ketones (excluding diaryl/α,β-unsaturated/α-hetero) is 1. The van der Waals surface area contributed by atoms with E-state index in [-0.39, 0.29) is 23.6 Å². The Morgan fingerprint density at radius 2 is 1.98 bits per heavy atom. The van der Waals surface area contributed by atoms with Gasteiger partial charge in [0.1, 0.15) is 12.1 Å². The highest BCUT2D eigenvalue weighted by atomic mass is 16.5. The molecule has 1 atom stereocenters. The van der Waals surface area contributed by atoms with E-state index >= 15 is 0 Å². The van der Waals surface area contributed by atoms with Crippen LogP contribution in [-0.2, 0) is 4.79 Å². The summed E-state index contributed by atoms with van der Waals surface area (Å²) in [4.78, 5) is 44.1. The van der Waals surface area contributed by atoms with Gasteiger partial charge in [-0.05, 0) is 50.9 Å². The third kappa shape index (κ3) is 6.93.